The van der Waals surface area contributed by atoms with Crippen molar-refractivity contribution in [3.05, 3.63) is 29.8 Å². The molecule has 21 heavy (non-hydrogen) atoms. The van der Waals surface area contributed by atoms with E-state index < -0.39 is 24.0 Å². The molecule has 0 heterocycles. The van der Waals surface area contributed by atoms with Crippen molar-refractivity contribution in [2.24, 2.45) is 0 Å². The molecule has 1 aromatic rings. The van der Waals surface area contributed by atoms with Gasteiger partial charge in [0.25, 0.3) is 5.91 Å². The average Bonchev–Trinajstić information content (AvgIpc) is 2.47. The van der Waals surface area contributed by atoms with Crippen molar-refractivity contribution >= 4 is 17.9 Å². The molecule has 0 aromatic heterocycles. The molecule has 1 rings (SSSR count). The lowest BCUT2D eigenvalue weighted by molar-refractivity contribution is -0.153. The lowest BCUT2D eigenvalue weighted by Gasteiger charge is -2.13. The van der Waals surface area contributed by atoms with Crippen LogP contribution in [0.1, 0.15) is 12.5 Å². The van der Waals surface area contributed by atoms with E-state index in [0.717, 1.165) is 0 Å². The molecule has 7 heteroatoms. The number of methoxy groups -OCH3 is 1. The summed E-state index contributed by atoms with van der Waals surface area (Å²) in [5.74, 6) is -0.710. The van der Waals surface area contributed by atoms with Crippen LogP contribution in [0.5, 0.6) is 5.75 Å². The SMILES string of the molecule is CNC(=O)NC(=O)C(C)OC(=O)Cc1ccccc1OC. The predicted molar refractivity (Wildman–Crippen MR) is 74.9 cm³/mol. The van der Waals surface area contributed by atoms with E-state index in [-0.39, 0.29) is 6.42 Å². The minimum Gasteiger partial charge on any atom is -0.496 e. The maximum absolute atomic E-state index is 11.8. The van der Waals surface area contributed by atoms with Gasteiger partial charge in [-0.05, 0) is 13.0 Å². The second-order valence-electron chi connectivity index (χ2n) is 4.19. The maximum Gasteiger partial charge on any atom is 0.321 e. The molecule has 1 aromatic carbocycles. The highest BCUT2D eigenvalue weighted by atomic mass is 16.5. The van der Waals surface area contributed by atoms with E-state index in [0.29, 0.717) is 11.3 Å². The summed E-state index contributed by atoms with van der Waals surface area (Å²) >= 11 is 0. The van der Waals surface area contributed by atoms with Crippen LogP contribution in [0, 0.1) is 0 Å². The second kappa shape index (κ2) is 7.88. The number of carbonyl (C=O) groups excluding carboxylic acids is 3. The van der Waals surface area contributed by atoms with Crippen molar-refractivity contribution in [3.8, 4) is 5.75 Å². The van der Waals surface area contributed by atoms with Crippen molar-refractivity contribution in [1.82, 2.24) is 10.6 Å². The Balaban J connectivity index is 2.57. The van der Waals surface area contributed by atoms with Crippen molar-refractivity contribution in [1.29, 1.82) is 0 Å². The third kappa shape index (κ3) is 5.13. The molecule has 0 saturated heterocycles. The zero-order chi connectivity index (χ0) is 15.8. The Kier molecular flexibility index (Phi) is 6.19. The Morgan fingerprint density at radius 1 is 1.24 bits per heavy atom. The van der Waals surface area contributed by atoms with Crippen LogP contribution in [0.4, 0.5) is 4.79 Å². The first-order chi connectivity index (χ1) is 9.97. The molecule has 0 radical (unpaired) electrons. The number of hydrogen-bond donors (Lipinski definition) is 2. The van der Waals surface area contributed by atoms with Gasteiger partial charge < -0.3 is 14.8 Å². The molecular formula is C14H18N2O5. The van der Waals surface area contributed by atoms with Crippen LogP contribution in [-0.4, -0.2) is 38.2 Å². The van der Waals surface area contributed by atoms with Gasteiger partial charge >= 0.3 is 12.0 Å². The van der Waals surface area contributed by atoms with Gasteiger partial charge in [0.05, 0.1) is 13.5 Å². The lowest BCUT2D eigenvalue weighted by Crippen LogP contribution is -2.43. The van der Waals surface area contributed by atoms with Crippen LogP contribution in [0.15, 0.2) is 24.3 Å². The normalized spacial score (nSPS) is 11.2. The number of carbonyl (C=O) groups is 3. The standard InChI is InChI=1S/C14H18N2O5/c1-9(13(18)16-14(19)15-2)21-12(17)8-10-6-4-5-7-11(10)20-3/h4-7,9H,8H2,1-3H3,(H2,15,16,18,19). The van der Waals surface area contributed by atoms with Gasteiger partial charge in [0, 0.05) is 12.6 Å². The van der Waals surface area contributed by atoms with E-state index in [1.807, 2.05) is 5.32 Å². The molecule has 0 spiro atoms. The van der Waals surface area contributed by atoms with Crippen LogP contribution in [0.2, 0.25) is 0 Å². The summed E-state index contributed by atoms with van der Waals surface area (Å²) in [6.07, 6.45) is -1.09. The molecule has 0 bridgehead atoms. The number of para-hydroxylation sites is 1. The smallest absolute Gasteiger partial charge is 0.321 e. The van der Waals surface area contributed by atoms with Crippen molar-refractivity contribution < 1.29 is 23.9 Å². The summed E-state index contributed by atoms with van der Waals surface area (Å²) in [4.78, 5) is 34.3. The van der Waals surface area contributed by atoms with Crippen molar-refractivity contribution in [2.45, 2.75) is 19.4 Å². The Morgan fingerprint density at radius 2 is 1.90 bits per heavy atom. The number of urea groups is 1. The summed E-state index contributed by atoms with van der Waals surface area (Å²) < 4.78 is 10.1. The van der Waals surface area contributed by atoms with Crippen LogP contribution >= 0.6 is 0 Å². The summed E-state index contributed by atoms with van der Waals surface area (Å²) in [5.41, 5.74) is 0.656. The van der Waals surface area contributed by atoms with Crippen molar-refractivity contribution in [3.63, 3.8) is 0 Å². The highest BCUT2D eigenvalue weighted by molar-refractivity contribution is 5.97. The minimum absolute atomic E-state index is 0.0262. The fraction of sp³-hybridized carbons (Fsp3) is 0.357. The average molecular weight is 294 g/mol. The number of imide groups is 1. The molecule has 114 valence electrons. The van der Waals surface area contributed by atoms with Gasteiger partial charge in [-0.25, -0.2) is 4.79 Å². The van der Waals surface area contributed by atoms with Gasteiger partial charge in [0.2, 0.25) is 0 Å². The molecule has 0 saturated carbocycles. The fourth-order valence-electron chi connectivity index (χ4n) is 1.57. The number of benzene rings is 1. The third-order valence-electron chi connectivity index (χ3n) is 2.67. The van der Waals surface area contributed by atoms with Gasteiger partial charge in [0.1, 0.15) is 5.75 Å². The van der Waals surface area contributed by atoms with E-state index in [9.17, 15) is 14.4 Å². The number of hydrogen-bond acceptors (Lipinski definition) is 5. The molecule has 0 aliphatic carbocycles. The quantitative estimate of drug-likeness (QED) is 0.777. The van der Waals surface area contributed by atoms with Crippen LogP contribution < -0.4 is 15.4 Å². The zero-order valence-electron chi connectivity index (χ0n) is 12.1. The molecule has 1 atom stereocenters. The number of nitrogens with one attached hydrogen (secondary N) is 2. The molecule has 0 aliphatic heterocycles. The zero-order valence-corrected chi connectivity index (χ0v) is 12.1. The lowest BCUT2D eigenvalue weighted by atomic mass is 10.1. The first-order valence-corrected chi connectivity index (χ1v) is 6.32. The van der Waals surface area contributed by atoms with Crippen LogP contribution in [0.25, 0.3) is 0 Å². The van der Waals surface area contributed by atoms with Crippen LogP contribution in [0.3, 0.4) is 0 Å². The highest BCUT2D eigenvalue weighted by Crippen LogP contribution is 2.18. The Morgan fingerprint density at radius 3 is 2.52 bits per heavy atom. The van der Waals surface area contributed by atoms with Crippen LogP contribution in [-0.2, 0) is 20.7 Å². The molecule has 7 nitrogen and oxygen atoms in total. The second-order valence-corrected chi connectivity index (χ2v) is 4.19. The molecule has 2 N–H and O–H groups in total. The van der Waals surface area contributed by atoms with Gasteiger partial charge in [-0.3, -0.25) is 14.9 Å². The Hall–Kier alpha value is -2.57. The van der Waals surface area contributed by atoms with Gasteiger partial charge in [-0.1, -0.05) is 18.2 Å². The molecule has 0 aliphatic rings. The largest absolute Gasteiger partial charge is 0.496 e. The van der Waals surface area contributed by atoms with Gasteiger partial charge in [-0.2, -0.15) is 0 Å². The van der Waals surface area contributed by atoms with Gasteiger partial charge in [0.15, 0.2) is 6.10 Å². The predicted octanol–water partition coefficient (Wildman–Crippen LogP) is 0.625. The van der Waals surface area contributed by atoms with E-state index in [1.165, 1.54) is 21.1 Å². The molecule has 1 unspecified atom stereocenters. The van der Waals surface area contributed by atoms with E-state index in [1.54, 1.807) is 24.3 Å². The molecular weight excluding hydrogens is 276 g/mol. The van der Waals surface area contributed by atoms with Crippen molar-refractivity contribution in [2.75, 3.05) is 14.2 Å². The molecule has 3 amide bonds. The number of amides is 3. The minimum atomic E-state index is -1.07. The first kappa shape index (κ1) is 16.5. The fourth-order valence-corrected chi connectivity index (χ4v) is 1.57. The van der Waals surface area contributed by atoms with E-state index in [2.05, 4.69) is 5.32 Å². The molecule has 0 fully saturated rings. The summed E-state index contributed by atoms with van der Waals surface area (Å²) in [6.45, 7) is 1.39. The number of esters is 1. The topological polar surface area (TPSA) is 93.7 Å². The Bertz CT molecular complexity index is 530. The third-order valence-corrected chi connectivity index (χ3v) is 2.67. The monoisotopic (exact) mass is 294 g/mol. The summed E-state index contributed by atoms with van der Waals surface area (Å²) in [7, 11) is 2.88. The summed E-state index contributed by atoms with van der Waals surface area (Å²) in [5, 5.41) is 4.26. The number of rotatable bonds is 5. The van der Waals surface area contributed by atoms with E-state index in [4.69, 9.17) is 9.47 Å². The first-order valence-electron chi connectivity index (χ1n) is 6.32. The number of ether oxygens (including phenoxy) is 2. The van der Waals surface area contributed by atoms with Gasteiger partial charge in [-0.15, -0.1) is 0 Å². The Labute approximate surface area is 122 Å². The van der Waals surface area contributed by atoms with E-state index >= 15 is 0 Å². The highest BCUT2D eigenvalue weighted by Gasteiger charge is 2.20. The maximum atomic E-state index is 11.8. The summed E-state index contributed by atoms with van der Waals surface area (Å²) in [6, 6.07) is 6.35.